The molecule has 1 atom stereocenters. The summed E-state index contributed by atoms with van der Waals surface area (Å²) in [5.74, 6) is -2.19. The number of anilines is 2. The van der Waals surface area contributed by atoms with Crippen molar-refractivity contribution in [3.05, 3.63) is 76.6 Å². The summed E-state index contributed by atoms with van der Waals surface area (Å²) in [6.45, 7) is 4.09. The number of benzene rings is 2. The van der Waals surface area contributed by atoms with Gasteiger partial charge in [0.05, 0.1) is 16.1 Å². The first kappa shape index (κ1) is 30.4. The van der Waals surface area contributed by atoms with Crippen molar-refractivity contribution < 1.29 is 24.0 Å². The highest BCUT2D eigenvalue weighted by Gasteiger charge is 2.44. The molecule has 2 saturated heterocycles. The first-order valence-electron chi connectivity index (χ1n) is 15.7. The van der Waals surface area contributed by atoms with Crippen LogP contribution < -0.4 is 15.5 Å². The molecule has 0 bridgehead atoms. The van der Waals surface area contributed by atoms with E-state index < -0.39 is 29.7 Å². The highest BCUT2D eigenvalue weighted by molar-refractivity contribution is 6.38. The molecule has 6 amide bonds. The van der Waals surface area contributed by atoms with E-state index in [9.17, 15) is 24.0 Å². The summed E-state index contributed by atoms with van der Waals surface area (Å²) in [6, 6.07) is 11.5. The first-order valence-corrected chi connectivity index (χ1v) is 16.0. The highest BCUT2D eigenvalue weighted by Crippen LogP contribution is 2.37. The Morgan fingerprint density at radius 1 is 1.00 bits per heavy atom. The topological polar surface area (TPSA) is 148 Å². The van der Waals surface area contributed by atoms with Crippen molar-refractivity contribution >= 4 is 63.7 Å². The number of hydrogen-bond acceptors (Lipinski definition) is 7. The Morgan fingerprint density at radius 2 is 1.83 bits per heavy atom. The Labute approximate surface area is 275 Å². The van der Waals surface area contributed by atoms with Crippen molar-refractivity contribution in [1.29, 1.82) is 0 Å². The molecule has 2 aromatic carbocycles. The summed E-state index contributed by atoms with van der Waals surface area (Å²) in [6.07, 6.45) is 5.46. The minimum Gasteiger partial charge on any atom is -0.383 e. The molecule has 47 heavy (non-hydrogen) atoms. The number of rotatable bonds is 8. The molecular formula is C34H32ClN7O5. The molecule has 7 rings (SSSR count). The van der Waals surface area contributed by atoms with E-state index in [1.54, 1.807) is 34.2 Å². The van der Waals surface area contributed by atoms with E-state index in [2.05, 4.69) is 27.5 Å². The smallest absolute Gasteiger partial charge is 0.324 e. The average Bonchev–Trinajstić information content (AvgIpc) is 3.60. The van der Waals surface area contributed by atoms with Crippen LogP contribution in [0.25, 0.3) is 22.2 Å². The molecule has 0 saturated carbocycles. The van der Waals surface area contributed by atoms with Gasteiger partial charge in [0, 0.05) is 67.3 Å². The lowest BCUT2D eigenvalue weighted by molar-refractivity contribution is -0.136. The molecule has 1 unspecified atom stereocenters. The van der Waals surface area contributed by atoms with E-state index in [1.807, 2.05) is 30.5 Å². The van der Waals surface area contributed by atoms with Gasteiger partial charge in [-0.15, -0.1) is 0 Å². The molecule has 5 heterocycles. The summed E-state index contributed by atoms with van der Waals surface area (Å²) in [5.41, 5.74) is 5.31. The van der Waals surface area contributed by atoms with Gasteiger partial charge in [0.1, 0.15) is 11.7 Å². The van der Waals surface area contributed by atoms with Gasteiger partial charge in [0.15, 0.2) is 0 Å². The van der Waals surface area contributed by atoms with Crippen LogP contribution in [0.1, 0.15) is 52.5 Å². The van der Waals surface area contributed by atoms with Gasteiger partial charge in [0.25, 0.3) is 11.8 Å². The van der Waals surface area contributed by atoms with E-state index in [1.165, 1.54) is 0 Å². The van der Waals surface area contributed by atoms with Crippen molar-refractivity contribution in [3.8, 4) is 11.1 Å². The van der Waals surface area contributed by atoms with Gasteiger partial charge in [0.2, 0.25) is 11.8 Å². The Kier molecular flexibility index (Phi) is 7.88. The molecule has 0 aliphatic carbocycles. The molecule has 2 fully saturated rings. The van der Waals surface area contributed by atoms with Crippen LogP contribution in [0.2, 0.25) is 5.02 Å². The van der Waals surface area contributed by atoms with Crippen LogP contribution in [-0.2, 0) is 16.0 Å². The normalized spacial score (nSPS) is 18.3. The summed E-state index contributed by atoms with van der Waals surface area (Å²) >= 11 is 6.88. The SMILES string of the molecule is CCc1c[nH]c2ncc(-c3cccc(N4CCCN(CCNc5ccc6c(c5)C(=O)N(C5CCC(=O)NC5=O)C6=O)C4=O)c3)c(Cl)c12. The number of imide groups is 2. The number of amides is 6. The predicted octanol–water partition coefficient (Wildman–Crippen LogP) is 4.59. The molecule has 3 aliphatic rings. The largest absolute Gasteiger partial charge is 0.383 e. The zero-order chi connectivity index (χ0) is 32.8. The van der Waals surface area contributed by atoms with Crippen LogP contribution in [0.5, 0.6) is 0 Å². The van der Waals surface area contributed by atoms with Gasteiger partial charge < -0.3 is 15.2 Å². The quantitative estimate of drug-likeness (QED) is 0.236. The van der Waals surface area contributed by atoms with Crippen molar-refractivity contribution in [3.63, 3.8) is 0 Å². The molecule has 3 N–H and O–H groups in total. The minimum atomic E-state index is -1.02. The summed E-state index contributed by atoms with van der Waals surface area (Å²) in [4.78, 5) is 75.9. The Balaban J connectivity index is 1.01. The maximum atomic E-state index is 13.6. The third kappa shape index (κ3) is 5.38. The maximum absolute atomic E-state index is 13.6. The Morgan fingerprint density at radius 3 is 2.64 bits per heavy atom. The average molecular weight is 654 g/mol. The van der Waals surface area contributed by atoms with E-state index >= 15 is 0 Å². The maximum Gasteiger partial charge on any atom is 0.324 e. The molecule has 13 heteroatoms. The number of piperidine rings is 1. The van der Waals surface area contributed by atoms with Crippen molar-refractivity contribution in [2.24, 2.45) is 0 Å². The number of carbonyl (C=O) groups excluding carboxylic acids is 5. The van der Waals surface area contributed by atoms with Gasteiger partial charge in [-0.1, -0.05) is 30.7 Å². The first-order chi connectivity index (χ1) is 22.7. The number of carbonyl (C=O) groups is 5. The third-order valence-corrected chi connectivity index (χ3v) is 9.42. The second kappa shape index (κ2) is 12.2. The Bertz CT molecular complexity index is 1970. The van der Waals surface area contributed by atoms with Crippen LogP contribution in [0, 0.1) is 0 Å². The number of H-pyrrole nitrogens is 1. The highest BCUT2D eigenvalue weighted by atomic mass is 35.5. The van der Waals surface area contributed by atoms with Gasteiger partial charge >= 0.3 is 6.03 Å². The van der Waals surface area contributed by atoms with Crippen LogP contribution >= 0.6 is 11.6 Å². The predicted molar refractivity (Wildman–Crippen MR) is 176 cm³/mol. The molecule has 2 aromatic heterocycles. The molecule has 0 radical (unpaired) electrons. The lowest BCUT2D eigenvalue weighted by atomic mass is 10.0. The number of nitrogens with one attached hydrogen (secondary N) is 3. The lowest BCUT2D eigenvalue weighted by Gasteiger charge is -2.36. The number of fused-ring (bicyclic) bond motifs is 2. The second-order valence-corrected chi connectivity index (χ2v) is 12.2. The molecule has 0 spiro atoms. The summed E-state index contributed by atoms with van der Waals surface area (Å²) in [5, 5.41) is 7.00. The van der Waals surface area contributed by atoms with Gasteiger partial charge in [-0.05, 0) is 60.7 Å². The van der Waals surface area contributed by atoms with Crippen LogP contribution in [-0.4, -0.2) is 81.6 Å². The van der Waals surface area contributed by atoms with Crippen molar-refractivity contribution in [2.45, 2.75) is 38.6 Å². The fraction of sp³-hybridized carbons (Fsp3) is 0.294. The van der Waals surface area contributed by atoms with Crippen LogP contribution in [0.3, 0.4) is 0 Å². The van der Waals surface area contributed by atoms with E-state index in [-0.39, 0.29) is 30.0 Å². The molecule has 4 aromatic rings. The second-order valence-electron chi connectivity index (χ2n) is 11.8. The summed E-state index contributed by atoms with van der Waals surface area (Å²) in [7, 11) is 0. The van der Waals surface area contributed by atoms with Crippen LogP contribution in [0.4, 0.5) is 16.2 Å². The zero-order valence-electron chi connectivity index (χ0n) is 25.6. The van der Waals surface area contributed by atoms with Crippen molar-refractivity contribution in [1.82, 2.24) is 25.1 Å². The number of aromatic amines is 1. The Hall–Kier alpha value is -5.23. The monoisotopic (exact) mass is 653 g/mol. The molecule has 3 aliphatic heterocycles. The molecule has 240 valence electrons. The third-order valence-electron chi connectivity index (χ3n) is 9.03. The number of aromatic nitrogens is 2. The standard InChI is InChI=1S/C34H32ClN7O5/c1-2-19-17-37-30-28(19)29(35)25(18-38-30)20-5-3-6-22(15-20)41-13-4-12-40(34(41)47)14-11-36-21-7-8-23-24(16-21)33(46)42(32(23)45)26-9-10-27(43)39-31(26)44/h3,5-8,15-18,26,36H,2,4,9-14H2,1H3,(H,37,38)(H,39,43,44). The van der Waals surface area contributed by atoms with E-state index in [0.29, 0.717) is 36.9 Å². The van der Waals surface area contributed by atoms with Gasteiger partial charge in [-0.2, -0.15) is 0 Å². The lowest BCUT2D eigenvalue weighted by Crippen LogP contribution is -2.54. The number of nitrogens with zero attached hydrogens (tertiary/aromatic N) is 4. The number of aryl methyl sites for hydroxylation is 1. The van der Waals surface area contributed by atoms with Crippen LogP contribution in [0.15, 0.2) is 54.9 Å². The van der Waals surface area contributed by atoms with Gasteiger partial charge in [-0.3, -0.25) is 34.3 Å². The van der Waals surface area contributed by atoms with E-state index in [4.69, 9.17) is 11.6 Å². The fourth-order valence-electron chi connectivity index (χ4n) is 6.59. The molecule has 12 nitrogen and oxygen atoms in total. The fourth-order valence-corrected chi connectivity index (χ4v) is 6.95. The number of hydrogen-bond donors (Lipinski definition) is 3. The number of urea groups is 1. The number of halogens is 1. The van der Waals surface area contributed by atoms with Gasteiger partial charge in [-0.25, -0.2) is 9.78 Å². The van der Waals surface area contributed by atoms with Crippen molar-refractivity contribution in [2.75, 3.05) is 36.4 Å². The zero-order valence-corrected chi connectivity index (χ0v) is 26.4. The molecular weight excluding hydrogens is 622 g/mol. The minimum absolute atomic E-state index is 0.0602. The van der Waals surface area contributed by atoms with E-state index in [0.717, 1.165) is 51.2 Å². The number of pyridine rings is 1. The summed E-state index contributed by atoms with van der Waals surface area (Å²) < 4.78 is 0.